The minimum absolute atomic E-state index is 0.0615. The standard InChI is InChI=1S/C15H16F3IN2O2.C8H3FINO2/c1-3-20(4-2)5-6-21-11-8-9(19)7-10(15(16,17)18)12(11)13(22)14(21)23;9-4-1-3(10)2-5-6(4)7(12)8(13)11-5/h7-8H,3-6H2,1-2H3;1-2H,(H,11,12,13). The maximum absolute atomic E-state index is 13.2. The lowest BCUT2D eigenvalue weighted by molar-refractivity contribution is -0.137. The van der Waals surface area contributed by atoms with Crippen molar-refractivity contribution in [1.82, 2.24) is 4.90 Å². The van der Waals surface area contributed by atoms with Crippen molar-refractivity contribution in [2.24, 2.45) is 0 Å². The lowest BCUT2D eigenvalue weighted by Crippen LogP contribution is -2.38. The summed E-state index contributed by atoms with van der Waals surface area (Å²) >= 11 is 3.67. The number of anilines is 2. The van der Waals surface area contributed by atoms with Crippen molar-refractivity contribution in [3.63, 3.8) is 0 Å². The average molecular weight is 731 g/mol. The van der Waals surface area contributed by atoms with Gasteiger partial charge in [0.25, 0.3) is 23.4 Å². The van der Waals surface area contributed by atoms with Gasteiger partial charge in [0.15, 0.2) is 0 Å². The molecule has 2 aliphatic rings. The zero-order valence-electron chi connectivity index (χ0n) is 18.9. The smallest absolute Gasteiger partial charge is 0.318 e. The number of benzene rings is 2. The van der Waals surface area contributed by atoms with Crippen LogP contribution in [0.3, 0.4) is 0 Å². The van der Waals surface area contributed by atoms with Crippen LogP contribution in [0.5, 0.6) is 0 Å². The van der Waals surface area contributed by atoms with Crippen LogP contribution in [0.1, 0.15) is 40.1 Å². The van der Waals surface area contributed by atoms with Crippen molar-refractivity contribution >= 4 is 79.9 Å². The van der Waals surface area contributed by atoms with Crippen LogP contribution in [-0.4, -0.2) is 54.5 Å². The number of amides is 2. The number of halogens is 6. The number of carbonyl (C=O) groups is 4. The highest BCUT2D eigenvalue weighted by molar-refractivity contribution is 14.1. The van der Waals surface area contributed by atoms with E-state index in [0.29, 0.717) is 13.7 Å². The number of nitrogens with zero attached hydrogens (tertiary/aromatic N) is 2. The Morgan fingerprint density at radius 1 is 0.917 bits per heavy atom. The van der Waals surface area contributed by atoms with Gasteiger partial charge in [-0.1, -0.05) is 13.8 Å². The van der Waals surface area contributed by atoms with Crippen LogP contribution in [0.15, 0.2) is 24.3 Å². The second-order valence-electron chi connectivity index (χ2n) is 7.75. The van der Waals surface area contributed by atoms with E-state index in [1.54, 1.807) is 28.7 Å². The average Bonchev–Trinajstić information content (AvgIpc) is 3.20. The molecular weight excluding hydrogens is 712 g/mol. The molecule has 2 aromatic rings. The topological polar surface area (TPSA) is 86.8 Å². The predicted molar refractivity (Wildman–Crippen MR) is 141 cm³/mol. The monoisotopic (exact) mass is 731 g/mol. The second kappa shape index (κ2) is 11.1. The van der Waals surface area contributed by atoms with E-state index in [1.807, 2.05) is 41.3 Å². The van der Waals surface area contributed by atoms with Gasteiger partial charge in [0.1, 0.15) is 5.82 Å². The van der Waals surface area contributed by atoms with Gasteiger partial charge in [0.2, 0.25) is 0 Å². The lowest BCUT2D eigenvalue weighted by Gasteiger charge is -2.23. The predicted octanol–water partition coefficient (Wildman–Crippen LogP) is 4.75. The molecule has 7 nitrogen and oxygen atoms in total. The van der Waals surface area contributed by atoms with E-state index in [1.165, 1.54) is 12.1 Å². The van der Waals surface area contributed by atoms with E-state index in [-0.39, 0.29) is 23.5 Å². The van der Waals surface area contributed by atoms with Crippen molar-refractivity contribution in [2.45, 2.75) is 20.0 Å². The maximum atomic E-state index is 13.2. The molecule has 0 atom stereocenters. The molecule has 192 valence electrons. The molecule has 0 spiro atoms. The van der Waals surface area contributed by atoms with Gasteiger partial charge in [0, 0.05) is 20.2 Å². The van der Waals surface area contributed by atoms with Gasteiger partial charge in [-0.2, -0.15) is 13.2 Å². The first kappa shape index (κ1) is 28.4. The summed E-state index contributed by atoms with van der Waals surface area (Å²) in [5.74, 6) is -4.19. The number of nitrogens with one attached hydrogen (secondary N) is 1. The number of fused-ring (bicyclic) bond motifs is 2. The van der Waals surface area contributed by atoms with Crippen molar-refractivity contribution < 1.29 is 36.7 Å². The van der Waals surface area contributed by atoms with Gasteiger partial charge in [-0.25, -0.2) is 4.39 Å². The van der Waals surface area contributed by atoms with E-state index >= 15 is 0 Å². The Labute approximate surface area is 230 Å². The molecule has 0 bridgehead atoms. The van der Waals surface area contributed by atoms with Crippen LogP contribution in [-0.2, 0) is 15.8 Å². The number of hydrogen-bond donors (Lipinski definition) is 1. The van der Waals surface area contributed by atoms with Crippen molar-refractivity contribution in [3.8, 4) is 0 Å². The van der Waals surface area contributed by atoms with Gasteiger partial charge in [-0.3, -0.25) is 19.2 Å². The number of rotatable bonds is 5. The molecule has 0 unspecified atom stereocenters. The van der Waals surface area contributed by atoms with E-state index in [9.17, 15) is 36.7 Å². The highest BCUT2D eigenvalue weighted by Crippen LogP contribution is 2.41. The normalized spacial score (nSPS) is 14.6. The van der Waals surface area contributed by atoms with Crippen LogP contribution in [0.4, 0.5) is 28.9 Å². The minimum Gasteiger partial charge on any atom is -0.318 e. The summed E-state index contributed by atoms with van der Waals surface area (Å²) in [7, 11) is 0. The van der Waals surface area contributed by atoms with Gasteiger partial charge in [0.05, 0.1) is 28.1 Å². The number of hydrogen-bond acceptors (Lipinski definition) is 5. The van der Waals surface area contributed by atoms with Gasteiger partial charge in [-0.05, 0) is 82.5 Å². The Balaban J connectivity index is 0.000000233. The summed E-state index contributed by atoms with van der Waals surface area (Å²) in [6.45, 7) is 6.13. The van der Waals surface area contributed by atoms with E-state index in [0.717, 1.165) is 24.1 Å². The maximum Gasteiger partial charge on any atom is 0.417 e. The van der Waals surface area contributed by atoms with Crippen LogP contribution < -0.4 is 10.2 Å². The van der Waals surface area contributed by atoms with Crippen molar-refractivity contribution in [2.75, 3.05) is 36.4 Å². The van der Waals surface area contributed by atoms with Crippen LogP contribution >= 0.6 is 45.2 Å². The Morgan fingerprint density at radius 2 is 1.53 bits per heavy atom. The van der Waals surface area contributed by atoms with Crippen LogP contribution in [0.25, 0.3) is 0 Å². The third kappa shape index (κ3) is 5.72. The van der Waals surface area contributed by atoms with E-state index < -0.39 is 46.5 Å². The molecule has 1 N–H and O–H groups in total. The first-order valence-electron chi connectivity index (χ1n) is 10.6. The summed E-state index contributed by atoms with van der Waals surface area (Å²) in [5.41, 5.74) is -1.39. The fourth-order valence-electron chi connectivity index (χ4n) is 3.81. The summed E-state index contributed by atoms with van der Waals surface area (Å²) in [6.07, 6.45) is -4.67. The molecule has 36 heavy (non-hydrogen) atoms. The van der Waals surface area contributed by atoms with Gasteiger partial charge in [-0.15, -0.1) is 0 Å². The van der Waals surface area contributed by atoms with Crippen LogP contribution in [0, 0.1) is 13.0 Å². The molecule has 2 aliphatic heterocycles. The number of likely N-dealkylation sites (N-methyl/N-ethyl adjacent to an activating group) is 1. The molecule has 0 saturated heterocycles. The third-order valence-electron chi connectivity index (χ3n) is 5.62. The molecule has 0 saturated carbocycles. The molecule has 2 heterocycles. The summed E-state index contributed by atoms with van der Waals surface area (Å²) in [4.78, 5) is 49.3. The Kier molecular flexibility index (Phi) is 8.75. The Morgan fingerprint density at radius 3 is 2.11 bits per heavy atom. The van der Waals surface area contributed by atoms with E-state index in [2.05, 4.69) is 5.32 Å². The molecular formula is C23H19F4I2N3O4. The highest BCUT2D eigenvalue weighted by Gasteiger charge is 2.45. The highest BCUT2D eigenvalue weighted by atomic mass is 127. The number of carbonyl (C=O) groups excluding carboxylic acids is 4. The molecule has 13 heteroatoms. The quantitative estimate of drug-likeness (QED) is 0.273. The third-order valence-corrected chi connectivity index (χ3v) is 6.86. The molecule has 0 fully saturated rings. The first-order chi connectivity index (χ1) is 16.8. The minimum atomic E-state index is -4.67. The van der Waals surface area contributed by atoms with Gasteiger partial charge >= 0.3 is 6.18 Å². The largest absolute Gasteiger partial charge is 0.417 e. The van der Waals surface area contributed by atoms with Gasteiger partial charge < -0.3 is 15.1 Å². The second-order valence-corrected chi connectivity index (χ2v) is 10.2. The Hall–Kier alpha value is -2.14. The van der Waals surface area contributed by atoms with Crippen molar-refractivity contribution in [3.05, 3.63) is 53.9 Å². The van der Waals surface area contributed by atoms with E-state index in [4.69, 9.17) is 0 Å². The first-order valence-corrected chi connectivity index (χ1v) is 12.8. The van der Waals surface area contributed by atoms with Crippen molar-refractivity contribution in [1.29, 1.82) is 0 Å². The fraction of sp³-hybridized carbons (Fsp3) is 0.304. The summed E-state index contributed by atoms with van der Waals surface area (Å²) < 4.78 is 53.7. The number of ketones is 2. The zero-order valence-corrected chi connectivity index (χ0v) is 23.2. The molecule has 0 radical (unpaired) electrons. The SMILES string of the molecule is CCN(CC)CCN1C(=O)C(=O)c2c1cc(I)cc2C(F)(F)F.O=C1Nc2cc(I)cc(F)c2C1=O. The fourth-order valence-corrected chi connectivity index (χ4v) is 5.00. The number of alkyl halides is 3. The molecule has 4 rings (SSSR count). The lowest BCUT2D eigenvalue weighted by atomic mass is 10.0. The molecule has 2 amide bonds. The number of Topliss-reactive ketones (excluding diaryl/α,β-unsaturated/α-hetero) is 2. The Bertz CT molecular complexity index is 1260. The molecule has 2 aromatic carbocycles. The molecule has 0 aliphatic carbocycles. The zero-order chi connectivity index (χ0) is 26.9. The van der Waals surface area contributed by atoms with Crippen LogP contribution in [0.2, 0.25) is 0 Å². The summed E-state index contributed by atoms with van der Waals surface area (Å²) in [6, 6.07) is 5.13. The summed E-state index contributed by atoms with van der Waals surface area (Å²) in [5, 5.41) is 2.30. The molecule has 0 aromatic heterocycles.